The van der Waals surface area contributed by atoms with Crippen LogP contribution in [0.2, 0.25) is 5.28 Å². The van der Waals surface area contributed by atoms with Gasteiger partial charge in [0.15, 0.2) is 0 Å². The summed E-state index contributed by atoms with van der Waals surface area (Å²) in [5.41, 5.74) is 0.344. The number of carbonyl (C=O) groups excluding carboxylic acids is 1. The highest BCUT2D eigenvalue weighted by molar-refractivity contribution is 6.28. The van der Waals surface area contributed by atoms with Gasteiger partial charge in [-0.2, -0.15) is 0 Å². The highest BCUT2D eigenvalue weighted by Gasteiger charge is 2.16. The summed E-state index contributed by atoms with van der Waals surface area (Å²) in [5.74, 6) is -0.148. The van der Waals surface area contributed by atoms with Crippen molar-refractivity contribution >= 4 is 17.5 Å². The van der Waals surface area contributed by atoms with Gasteiger partial charge in [0.25, 0.3) is 5.91 Å². The molecular weight excluding hydrogens is 250 g/mol. The second kappa shape index (κ2) is 6.69. The summed E-state index contributed by atoms with van der Waals surface area (Å²) in [6.07, 6.45) is 9.86. The van der Waals surface area contributed by atoms with Gasteiger partial charge < -0.3 is 5.32 Å². The second-order valence-corrected chi connectivity index (χ2v) is 5.06. The number of rotatable bonds is 2. The van der Waals surface area contributed by atoms with Gasteiger partial charge in [-0.25, -0.2) is 9.97 Å². The summed E-state index contributed by atoms with van der Waals surface area (Å²) in [6.45, 7) is 0. The second-order valence-electron chi connectivity index (χ2n) is 4.73. The van der Waals surface area contributed by atoms with E-state index in [1.165, 1.54) is 38.3 Å². The van der Waals surface area contributed by atoms with Crippen LogP contribution in [0.4, 0.5) is 0 Å². The number of amides is 1. The highest BCUT2D eigenvalue weighted by atomic mass is 35.5. The Bertz CT molecular complexity index is 403. The van der Waals surface area contributed by atoms with Crippen molar-refractivity contribution in [2.75, 3.05) is 0 Å². The average Bonchev–Trinajstić information content (AvgIpc) is 2.32. The molecule has 1 aromatic heterocycles. The summed E-state index contributed by atoms with van der Waals surface area (Å²) in [7, 11) is 0. The van der Waals surface area contributed by atoms with Crippen LogP contribution in [-0.4, -0.2) is 21.9 Å². The fourth-order valence-electron chi connectivity index (χ4n) is 2.32. The summed E-state index contributed by atoms with van der Waals surface area (Å²) < 4.78 is 0. The summed E-state index contributed by atoms with van der Waals surface area (Å²) in [6, 6.07) is 1.86. The molecule has 18 heavy (non-hydrogen) atoms. The van der Waals surface area contributed by atoms with Crippen molar-refractivity contribution in [2.24, 2.45) is 0 Å². The molecule has 0 aliphatic heterocycles. The summed E-state index contributed by atoms with van der Waals surface area (Å²) in [4.78, 5) is 19.7. The molecule has 1 fully saturated rings. The van der Waals surface area contributed by atoms with Gasteiger partial charge >= 0.3 is 0 Å². The van der Waals surface area contributed by atoms with Crippen molar-refractivity contribution in [1.29, 1.82) is 0 Å². The Labute approximate surface area is 112 Å². The first-order valence-electron chi connectivity index (χ1n) is 6.55. The molecule has 0 spiro atoms. The molecule has 1 saturated carbocycles. The normalized spacial score (nSPS) is 17.8. The molecule has 0 aromatic carbocycles. The van der Waals surface area contributed by atoms with E-state index in [1.807, 2.05) is 0 Å². The van der Waals surface area contributed by atoms with Gasteiger partial charge in [0.1, 0.15) is 5.69 Å². The molecule has 1 heterocycles. The molecule has 0 saturated heterocycles. The van der Waals surface area contributed by atoms with Crippen molar-refractivity contribution in [3.8, 4) is 0 Å². The number of aromatic nitrogens is 2. The molecule has 0 unspecified atom stereocenters. The Morgan fingerprint density at radius 3 is 2.56 bits per heavy atom. The lowest BCUT2D eigenvalue weighted by Gasteiger charge is -2.20. The van der Waals surface area contributed by atoms with E-state index in [0.717, 1.165) is 12.8 Å². The number of halogens is 1. The van der Waals surface area contributed by atoms with Crippen LogP contribution in [0.15, 0.2) is 12.3 Å². The Hall–Kier alpha value is -1.16. The minimum atomic E-state index is -0.148. The number of nitrogens with one attached hydrogen (secondary N) is 1. The van der Waals surface area contributed by atoms with Crippen LogP contribution in [-0.2, 0) is 0 Å². The average molecular weight is 268 g/mol. The number of hydrogen-bond donors (Lipinski definition) is 1. The van der Waals surface area contributed by atoms with Crippen molar-refractivity contribution in [2.45, 2.75) is 51.0 Å². The maximum Gasteiger partial charge on any atom is 0.270 e. The third kappa shape index (κ3) is 3.95. The molecule has 98 valence electrons. The summed E-state index contributed by atoms with van der Waals surface area (Å²) >= 11 is 5.68. The summed E-state index contributed by atoms with van der Waals surface area (Å²) in [5, 5.41) is 3.15. The van der Waals surface area contributed by atoms with Crippen LogP contribution in [0.5, 0.6) is 0 Å². The smallest absolute Gasteiger partial charge is 0.270 e. The standard InChI is InChI=1S/C13H18ClN3O/c14-13-15-9-8-11(17-13)12(18)16-10-6-4-2-1-3-5-7-10/h8-10H,1-7H2,(H,16,18). The van der Waals surface area contributed by atoms with Crippen LogP contribution in [0.25, 0.3) is 0 Å². The van der Waals surface area contributed by atoms with Gasteiger partial charge in [0, 0.05) is 12.2 Å². The molecule has 0 radical (unpaired) electrons. The van der Waals surface area contributed by atoms with Crippen molar-refractivity contribution in [3.05, 3.63) is 23.2 Å². The molecule has 1 amide bonds. The van der Waals surface area contributed by atoms with E-state index in [2.05, 4.69) is 15.3 Å². The van der Waals surface area contributed by atoms with Crippen LogP contribution >= 0.6 is 11.6 Å². The first kappa shape index (κ1) is 13.3. The molecule has 1 aliphatic rings. The predicted octanol–water partition coefficient (Wildman–Crippen LogP) is 2.97. The lowest BCUT2D eigenvalue weighted by Crippen LogP contribution is -2.35. The molecule has 0 atom stereocenters. The Kier molecular flexibility index (Phi) is 4.93. The lowest BCUT2D eigenvalue weighted by atomic mass is 9.96. The SMILES string of the molecule is O=C(NC1CCCCCCC1)c1ccnc(Cl)n1. The fourth-order valence-corrected chi connectivity index (χ4v) is 2.47. The lowest BCUT2D eigenvalue weighted by molar-refractivity contribution is 0.0925. The molecule has 1 aliphatic carbocycles. The fraction of sp³-hybridized carbons (Fsp3) is 0.615. The highest BCUT2D eigenvalue weighted by Crippen LogP contribution is 2.17. The zero-order valence-electron chi connectivity index (χ0n) is 10.4. The third-order valence-electron chi connectivity index (χ3n) is 3.30. The van der Waals surface area contributed by atoms with Gasteiger partial charge in [0.05, 0.1) is 0 Å². The van der Waals surface area contributed by atoms with Crippen molar-refractivity contribution < 1.29 is 4.79 Å². The molecule has 4 nitrogen and oxygen atoms in total. The molecule has 2 rings (SSSR count). The van der Waals surface area contributed by atoms with E-state index in [-0.39, 0.29) is 17.2 Å². The van der Waals surface area contributed by atoms with Crippen LogP contribution in [0, 0.1) is 0 Å². The predicted molar refractivity (Wildman–Crippen MR) is 70.6 cm³/mol. The van der Waals surface area contributed by atoms with Crippen molar-refractivity contribution in [3.63, 3.8) is 0 Å². The third-order valence-corrected chi connectivity index (χ3v) is 3.48. The van der Waals surface area contributed by atoms with E-state index in [0.29, 0.717) is 5.69 Å². The number of hydrogen-bond acceptors (Lipinski definition) is 3. The molecule has 1 aromatic rings. The largest absolute Gasteiger partial charge is 0.348 e. The van der Waals surface area contributed by atoms with E-state index in [9.17, 15) is 4.79 Å². The van der Waals surface area contributed by atoms with Gasteiger partial charge in [-0.15, -0.1) is 0 Å². The van der Waals surface area contributed by atoms with E-state index in [4.69, 9.17) is 11.6 Å². The van der Waals surface area contributed by atoms with E-state index in [1.54, 1.807) is 6.07 Å². The molecule has 0 bridgehead atoms. The minimum Gasteiger partial charge on any atom is -0.348 e. The first-order valence-corrected chi connectivity index (χ1v) is 6.93. The zero-order chi connectivity index (χ0) is 12.8. The number of carbonyl (C=O) groups is 1. The van der Waals surface area contributed by atoms with Gasteiger partial charge in [0.2, 0.25) is 5.28 Å². The first-order chi connectivity index (χ1) is 8.75. The van der Waals surface area contributed by atoms with Gasteiger partial charge in [-0.1, -0.05) is 32.1 Å². The monoisotopic (exact) mass is 267 g/mol. The van der Waals surface area contributed by atoms with Crippen molar-refractivity contribution in [1.82, 2.24) is 15.3 Å². The van der Waals surface area contributed by atoms with Gasteiger partial charge in [-0.3, -0.25) is 4.79 Å². The Morgan fingerprint density at radius 2 is 1.89 bits per heavy atom. The topological polar surface area (TPSA) is 54.9 Å². The van der Waals surface area contributed by atoms with E-state index >= 15 is 0 Å². The quantitative estimate of drug-likeness (QED) is 0.838. The van der Waals surface area contributed by atoms with Crippen LogP contribution < -0.4 is 5.32 Å². The van der Waals surface area contributed by atoms with Crippen LogP contribution in [0.3, 0.4) is 0 Å². The van der Waals surface area contributed by atoms with Gasteiger partial charge in [-0.05, 0) is 30.5 Å². The molecule has 1 N–H and O–H groups in total. The molecule has 5 heteroatoms. The Morgan fingerprint density at radius 1 is 1.22 bits per heavy atom. The maximum absolute atomic E-state index is 12.0. The molecular formula is C13H18ClN3O. The Balaban J connectivity index is 1.93. The maximum atomic E-state index is 12.0. The van der Waals surface area contributed by atoms with Crippen LogP contribution in [0.1, 0.15) is 55.4 Å². The number of nitrogens with zero attached hydrogens (tertiary/aromatic N) is 2. The van der Waals surface area contributed by atoms with E-state index < -0.39 is 0 Å². The minimum absolute atomic E-state index is 0.111. The zero-order valence-corrected chi connectivity index (χ0v) is 11.1.